The largest absolute Gasteiger partial charge is 0.312 e. The van der Waals surface area contributed by atoms with Crippen molar-refractivity contribution in [3.63, 3.8) is 0 Å². The summed E-state index contributed by atoms with van der Waals surface area (Å²) in [5, 5.41) is -0.221. The van der Waals surface area contributed by atoms with Crippen LogP contribution in [0.25, 0.3) is 0 Å². The number of fused-ring (bicyclic) bond motifs is 1. The fourth-order valence-corrected chi connectivity index (χ4v) is 2.83. The second-order valence-corrected chi connectivity index (χ2v) is 6.67. The Kier molecular flexibility index (Phi) is 9.43. The number of benzene rings is 1. The minimum Gasteiger partial charge on any atom is -0.312 e. The molecule has 0 aromatic heterocycles. The second kappa shape index (κ2) is 11.0. The van der Waals surface area contributed by atoms with Crippen molar-refractivity contribution >= 4 is 34.2 Å². The summed E-state index contributed by atoms with van der Waals surface area (Å²) in [4.78, 5) is 35.1. The summed E-state index contributed by atoms with van der Waals surface area (Å²) in [6.07, 6.45) is 5.93. The number of nitrogens with zero attached hydrogens (tertiary/aromatic N) is 1. The maximum absolute atomic E-state index is 11.9. The molecule has 2 rings (SSSR count). The highest BCUT2D eigenvalue weighted by molar-refractivity contribution is 6.63. The molecule has 0 bridgehead atoms. The molecule has 5 heteroatoms. The van der Waals surface area contributed by atoms with Crippen LogP contribution in [0.5, 0.6) is 0 Å². The van der Waals surface area contributed by atoms with E-state index in [9.17, 15) is 14.4 Å². The Bertz CT molecular complexity index is 613. The van der Waals surface area contributed by atoms with Crippen LogP contribution >= 0.6 is 11.6 Å². The number of rotatable bonds is 7. The summed E-state index contributed by atoms with van der Waals surface area (Å²) in [7, 11) is 0. The lowest BCUT2D eigenvalue weighted by molar-refractivity contribution is -0.116. The zero-order valence-electron chi connectivity index (χ0n) is 15.4. The van der Waals surface area contributed by atoms with Gasteiger partial charge in [0.2, 0.25) is 11.1 Å². The van der Waals surface area contributed by atoms with E-state index in [1.54, 1.807) is 11.8 Å². The third kappa shape index (κ3) is 6.99. The van der Waals surface area contributed by atoms with E-state index in [1.807, 2.05) is 25.1 Å². The number of Topliss-reactive ketones (excluding diaryl/α,β-unsaturated/α-hetero) is 1. The highest BCUT2D eigenvalue weighted by atomic mass is 35.5. The molecule has 4 nitrogen and oxygen atoms in total. The number of ketones is 1. The molecule has 0 aliphatic carbocycles. The van der Waals surface area contributed by atoms with Crippen LogP contribution in [0.15, 0.2) is 18.2 Å². The smallest absolute Gasteiger partial charge is 0.223 e. The first-order chi connectivity index (χ1) is 11.9. The van der Waals surface area contributed by atoms with Gasteiger partial charge in [-0.3, -0.25) is 14.4 Å². The lowest BCUT2D eigenvalue weighted by atomic mass is 10.0. The third-order valence-electron chi connectivity index (χ3n) is 4.16. The molecule has 1 aliphatic rings. The van der Waals surface area contributed by atoms with E-state index in [0.29, 0.717) is 12.8 Å². The van der Waals surface area contributed by atoms with Crippen LogP contribution in [-0.4, -0.2) is 23.5 Å². The van der Waals surface area contributed by atoms with Crippen LogP contribution in [0.2, 0.25) is 0 Å². The van der Waals surface area contributed by atoms with Gasteiger partial charge in [0.15, 0.2) is 5.78 Å². The van der Waals surface area contributed by atoms with E-state index in [1.165, 1.54) is 0 Å². The van der Waals surface area contributed by atoms with Gasteiger partial charge in [-0.05, 0) is 54.6 Å². The number of halogens is 1. The minimum absolute atomic E-state index is 0.0683. The van der Waals surface area contributed by atoms with E-state index in [0.717, 1.165) is 55.5 Å². The zero-order chi connectivity index (χ0) is 18.8. The van der Waals surface area contributed by atoms with Gasteiger partial charge in [-0.1, -0.05) is 26.7 Å². The maximum Gasteiger partial charge on any atom is 0.223 e. The molecule has 1 aliphatic heterocycles. The summed E-state index contributed by atoms with van der Waals surface area (Å²) in [6, 6.07) is 5.71. The number of hydrogen-bond donors (Lipinski definition) is 0. The van der Waals surface area contributed by atoms with E-state index in [2.05, 4.69) is 6.92 Å². The molecule has 1 heterocycles. The van der Waals surface area contributed by atoms with Crippen molar-refractivity contribution < 1.29 is 14.4 Å². The van der Waals surface area contributed by atoms with Crippen molar-refractivity contribution in [2.75, 3.05) is 11.4 Å². The Morgan fingerprint density at radius 2 is 1.72 bits per heavy atom. The van der Waals surface area contributed by atoms with Crippen LogP contribution in [0.4, 0.5) is 5.69 Å². The van der Waals surface area contributed by atoms with Crippen molar-refractivity contribution in [3.05, 3.63) is 29.3 Å². The fraction of sp³-hybridized carbons (Fsp3) is 0.550. The fourth-order valence-electron chi connectivity index (χ4n) is 2.70. The first-order valence-corrected chi connectivity index (χ1v) is 9.41. The van der Waals surface area contributed by atoms with Crippen molar-refractivity contribution in [3.8, 4) is 0 Å². The maximum atomic E-state index is 11.9. The summed E-state index contributed by atoms with van der Waals surface area (Å²) in [6.45, 7) is 6.42. The number of unbranched alkanes of at least 4 members (excludes halogenated alkanes) is 2. The van der Waals surface area contributed by atoms with E-state index >= 15 is 0 Å². The number of amides is 1. The second-order valence-electron chi connectivity index (χ2n) is 6.25. The SMILES string of the molecule is CCCCC(=O)Cl.CCCCC(=O)c1ccc2c(c1)CCN2C(C)=O. The molecular formula is C20H28ClNO3. The van der Waals surface area contributed by atoms with Crippen molar-refractivity contribution in [2.24, 2.45) is 0 Å². The van der Waals surface area contributed by atoms with Gasteiger partial charge in [0.05, 0.1) is 0 Å². The highest BCUT2D eigenvalue weighted by Crippen LogP contribution is 2.29. The molecule has 0 spiro atoms. The molecule has 1 aromatic rings. The molecule has 138 valence electrons. The predicted molar refractivity (Wildman–Crippen MR) is 102 cm³/mol. The monoisotopic (exact) mass is 365 g/mol. The van der Waals surface area contributed by atoms with E-state index < -0.39 is 0 Å². The molecule has 0 radical (unpaired) electrons. The lowest BCUT2D eigenvalue weighted by Crippen LogP contribution is -2.25. The number of hydrogen-bond acceptors (Lipinski definition) is 3. The summed E-state index contributed by atoms with van der Waals surface area (Å²) >= 11 is 5.02. The van der Waals surface area contributed by atoms with Gasteiger partial charge in [-0.25, -0.2) is 0 Å². The van der Waals surface area contributed by atoms with Gasteiger partial charge in [-0.15, -0.1) is 0 Å². The Labute approximate surface area is 155 Å². The molecule has 0 N–H and O–H groups in total. The molecule has 0 saturated heterocycles. The quantitative estimate of drug-likeness (QED) is 0.509. The Balaban J connectivity index is 0.000000381. The highest BCUT2D eigenvalue weighted by Gasteiger charge is 2.22. The average molecular weight is 366 g/mol. The van der Waals surface area contributed by atoms with Gasteiger partial charge in [0, 0.05) is 37.6 Å². The zero-order valence-corrected chi connectivity index (χ0v) is 16.2. The molecule has 0 atom stereocenters. The van der Waals surface area contributed by atoms with Crippen molar-refractivity contribution in [1.82, 2.24) is 0 Å². The number of carbonyl (C=O) groups excluding carboxylic acids is 3. The van der Waals surface area contributed by atoms with E-state index in [-0.39, 0.29) is 16.9 Å². The Morgan fingerprint density at radius 1 is 1.08 bits per heavy atom. The van der Waals surface area contributed by atoms with Crippen LogP contribution in [0.3, 0.4) is 0 Å². The summed E-state index contributed by atoms with van der Waals surface area (Å²) in [5.41, 5.74) is 2.87. The average Bonchev–Trinajstić information content (AvgIpc) is 3.01. The van der Waals surface area contributed by atoms with Gasteiger partial charge >= 0.3 is 0 Å². The molecule has 0 fully saturated rings. The number of anilines is 1. The topological polar surface area (TPSA) is 54.5 Å². The molecule has 1 aromatic carbocycles. The first-order valence-electron chi connectivity index (χ1n) is 9.03. The first kappa shape index (κ1) is 21.4. The number of carbonyl (C=O) groups is 3. The minimum atomic E-state index is -0.221. The van der Waals surface area contributed by atoms with Gasteiger partial charge in [0.25, 0.3) is 0 Å². The summed E-state index contributed by atoms with van der Waals surface area (Å²) in [5.74, 6) is 0.278. The van der Waals surface area contributed by atoms with Gasteiger partial charge < -0.3 is 4.90 Å². The van der Waals surface area contributed by atoms with Crippen LogP contribution in [0, 0.1) is 0 Å². The molecule has 0 unspecified atom stereocenters. The third-order valence-corrected chi connectivity index (χ3v) is 4.35. The molecule has 0 saturated carbocycles. The van der Waals surface area contributed by atoms with Crippen LogP contribution in [0.1, 0.15) is 75.2 Å². The van der Waals surface area contributed by atoms with Crippen molar-refractivity contribution in [2.45, 2.75) is 65.7 Å². The molecule has 1 amide bonds. The Hall–Kier alpha value is -1.68. The summed E-state index contributed by atoms with van der Waals surface area (Å²) < 4.78 is 0. The van der Waals surface area contributed by atoms with Crippen LogP contribution in [-0.2, 0) is 16.0 Å². The van der Waals surface area contributed by atoms with Crippen LogP contribution < -0.4 is 4.90 Å². The normalized spacial score (nSPS) is 12.2. The van der Waals surface area contributed by atoms with E-state index in [4.69, 9.17) is 11.6 Å². The standard InChI is InChI=1S/C15H19NO2.C5H9ClO/c1-3-4-5-15(18)13-6-7-14-12(10-13)8-9-16(14)11(2)17;1-2-3-4-5(6)7/h6-7,10H,3-5,8-9H2,1-2H3;2-4H2,1H3. The Morgan fingerprint density at radius 3 is 2.24 bits per heavy atom. The molecular weight excluding hydrogens is 338 g/mol. The molecule has 25 heavy (non-hydrogen) atoms. The van der Waals surface area contributed by atoms with Gasteiger partial charge in [-0.2, -0.15) is 0 Å². The van der Waals surface area contributed by atoms with Gasteiger partial charge in [0.1, 0.15) is 0 Å². The lowest BCUT2D eigenvalue weighted by Gasteiger charge is -2.14. The predicted octanol–water partition coefficient (Wildman–Crippen LogP) is 4.91. The van der Waals surface area contributed by atoms with Crippen molar-refractivity contribution in [1.29, 1.82) is 0 Å².